The minimum absolute atomic E-state index is 0.265. The summed E-state index contributed by atoms with van der Waals surface area (Å²) in [6.07, 6.45) is 3.22. The fourth-order valence-corrected chi connectivity index (χ4v) is 1.95. The Bertz CT molecular complexity index is 337. The van der Waals surface area contributed by atoms with Gasteiger partial charge in [0, 0.05) is 6.61 Å². The monoisotopic (exact) mass is 279 g/mol. The molecule has 0 aliphatic carbocycles. The summed E-state index contributed by atoms with van der Waals surface area (Å²) < 4.78 is 11.3. The minimum atomic E-state index is 0.265. The van der Waals surface area contributed by atoms with E-state index in [1.165, 1.54) is 5.56 Å². The molecule has 0 aliphatic rings. The average Bonchev–Trinajstić information content (AvgIpc) is 2.49. The molecule has 0 heterocycles. The fourth-order valence-electron chi connectivity index (χ4n) is 1.95. The molecule has 20 heavy (non-hydrogen) atoms. The van der Waals surface area contributed by atoms with E-state index in [-0.39, 0.29) is 6.04 Å². The third kappa shape index (κ3) is 6.40. The van der Waals surface area contributed by atoms with E-state index >= 15 is 0 Å². The van der Waals surface area contributed by atoms with Crippen LogP contribution in [0.1, 0.15) is 51.6 Å². The summed E-state index contributed by atoms with van der Waals surface area (Å²) in [5.41, 5.74) is 1.26. The molecule has 3 nitrogen and oxygen atoms in total. The zero-order valence-electron chi connectivity index (χ0n) is 13.2. The Morgan fingerprint density at radius 3 is 2.25 bits per heavy atom. The topological polar surface area (TPSA) is 30.5 Å². The average molecular weight is 279 g/mol. The van der Waals surface area contributed by atoms with Crippen LogP contribution in [-0.2, 0) is 4.74 Å². The van der Waals surface area contributed by atoms with Crippen LogP contribution in [0.4, 0.5) is 0 Å². The van der Waals surface area contributed by atoms with Gasteiger partial charge in [0.2, 0.25) is 0 Å². The van der Waals surface area contributed by atoms with Gasteiger partial charge in [0.05, 0.1) is 19.3 Å². The van der Waals surface area contributed by atoms with Gasteiger partial charge < -0.3 is 14.8 Å². The molecule has 0 fully saturated rings. The van der Waals surface area contributed by atoms with Crippen molar-refractivity contribution in [3.8, 4) is 5.75 Å². The largest absolute Gasteiger partial charge is 0.494 e. The van der Waals surface area contributed by atoms with Crippen LogP contribution >= 0.6 is 0 Å². The Morgan fingerprint density at radius 1 is 0.950 bits per heavy atom. The maximum absolute atomic E-state index is 5.70. The number of nitrogens with one attached hydrogen (secondary N) is 1. The lowest BCUT2D eigenvalue weighted by Gasteiger charge is -2.19. The Morgan fingerprint density at radius 2 is 1.65 bits per heavy atom. The fraction of sp³-hybridized carbons (Fsp3) is 0.647. The molecule has 1 rings (SSSR count). The second-order valence-electron chi connectivity index (χ2n) is 5.00. The van der Waals surface area contributed by atoms with Crippen LogP contribution in [0.15, 0.2) is 24.3 Å². The maximum Gasteiger partial charge on any atom is 0.119 e. The van der Waals surface area contributed by atoms with Crippen molar-refractivity contribution in [3.05, 3.63) is 29.8 Å². The maximum atomic E-state index is 5.70. The van der Waals surface area contributed by atoms with Crippen molar-refractivity contribution >= 4 is 0 Å². The van der Waals surface area contributed by atoms with E-state index < -0.39 is 0 Å². The number of ether oxygens (including phenoxy) is 2. The van der Waals surface area contributed by atoms with Gasteiger partial charge in [-0.3, -0.25) is 0 Å². The first kappa shape index (κ1) is 17.0. The lowest BCUT2D eigenvalue weighted by Crippen LogP contribution is -2.26. The first-order valence-corrected chi connectivity index (χ1v) is 7.85. The quantitative estimate of drug-likeness (QED) is 0.622. The summed E-state index contributed by atoms with van der Waals surface area (Å²) in [5, 5.41) is 3.54. The number of benzene rings is 1. The Balaban J connectivity index is 2.58. The third-order valence-corrected chi connectivity index (χ3v) is 3.03. The van der Waals surface area contributed by atoms with Gasteiger partial charge in [-0.2, -0.15) is 0 Å². The van der Waals surface area contributed by atoms with Crippen LogP contribution in [0.3, 0.4) is 0 Å². The molecular formula is C17H29NO2. The zero-order valence-corrected chi connectivity index (χ0v) is 13.2. The molecule has 1 aromatic rings. The molecule has 0 saturated heterocycles. The van der Waals surface area contributed by atoms with Gasteiger partial charge >= 0.3 is 0 Å². The summed E-state index contributed by atoms with van der Waals surface area (Å²) >= 11 is 0. The van der Waals surface area contributed by atoms with Crippen LogP contribution in [0.5, 0.6) is 5.75 Å². The van der Waals surface area contributed by atoms with E-state index in [0.717, 1.165) is 51.4 Å². The molecule has 1 aromatic carbocycles. The second kappa shape index (κ2) is 10.7. The number of rotatable bonds is 11. The van der Waals surface area contributed by atoms with Gasteiger partial charge in [-0.1, -0.05) is 32.9 Å². The SMILES string of the molecule is CCCNC(COCCC)c1ccc(OCCC)cc1. The molecule has 1 unspecified atom stereocenters. The normalized spacial score (nSPS) is 12.3. The van der Waals surface area contributed by atoms with Crippen molar-refractivity contribution in [2.24, 2.45) is 0 Å². The van der Waals surface area contributed by atoms with E-state index in [9.17, 15) is 0 Å². The summed E-state index contributed by atoms with van der Waals surface area (Å²) in [4.78, 5) is 0. The van der Waals surface area contributed by atoms with Crippen molar-refractivity contribution in [2.75, 3.05) is 26.4 Å². The van der Waals surface area contributed by atoms with Crippen molar-refractivity contribution in [3.63, 3.8) is 0 Å². The zero-order chi connectivity index (χ0) is 14.6. The Labute approximate surface area is 123 Å². The van der Waals surface area contributed by atoms with Crippen LogP contribution in [0, 0.1) is 0 Å². The van der Waals surface area contributed by atoms with Crippen LogP contribution in [0.25, 0.3) is 0 Å². The lowest BCUT2D eigenvalue weighted by atomic mass is 10.1. The molecule has 0 aliphatic heterocycles. The molecule has 0 saturated carbocycles. The predicted octanol–water partition coefficient (Wildman–Crippen LogP) is 3.94. The Kier molecular flexibility index (Phi) is 9.09. The summed E-state index contributed by atoms with van der Waals surface area (Å²) in [7, 11) is 0. The van der Waals surface area contributed by atoms with E-state index in [1.54, 1.807) is 0 Å². The summed E-state index contributed by atoms with van der Waals surface area (Å²) in [6, 6.07) is 8.62. The standard InChI is InChI=1S/C17H29NO2/c1-4-11-18-17(14-19-12-5-2)15-7-9-16(10-8-15)20-13-6-3/h7-10,17-18H,4-6,11-14H2,1-3H3. The molecule has 0 bridgehead atoms. The van der Waals surface area contributed by atoms with Crippen molar-refractivity contribution < 1.29 is 9.47 Å². The third-order valence-electron chi connectivity index (χ3n) is 3.03. The molecule has 0 spiro atoms. The highest BCUT2D eigenvalue weighted by Gasteiger charge is 2.10. The number of hydrogen-bond acceptors (Lipinski definition) is 3. The van der Waals surface area contributed by atoms with Gasteiger partial charge in [-0.05, 0) is 43.5 Å². The van der Waals surface area contributed by atoms with Crippen LogP contribution < -0.4 is 10.1 Å². The molecule has 0 amide bonds. The smallest absolute Gasteiger partial charge is 0.119 e. The second-order valence-corrected chi connectivity index (χ2v) is 5.00. The van der Waals surface area contributed by atoms with E-state index in [1.807, 2.05) is 12.1 Å². The summed E-state index contributed by atoms with van der Waals surface area (Å²) in [6.45, 7) is 9.76. The van der Waals surface area contributed by atoms with E-state index in [0.29, 0.717) is 0 Å². The molecule has 3 heteroatoms. The van der Waals surface area contributed by atoms with E-state index in [4.69, 9.17) is 9.47 Å². The molecule has 0 aromatic heterocycles. The molecular weight excluding hydrogens is 250 g/mol. The van der Waals surface area contributed by atoms with Crippen molar-refractivity contribution in [1.29, 1.82) is 0 Å². The van der Waals surface area contributed by atoms with Crippen LogP contribution in [-0.4, -0.2) is 26.4 Å². The van der Waals surface area contributed by atoms with Crippen LogP contribution in [0.2, 0.25) is 0 Å². The minimum Gasteiger partial charge on any atom is -0.494 e. The highest BCUT2D eigenvalue weighted by atomic mass is 16.5. The molecule has 1 atom stereocenters. The first-order chi connectivity index (χ1) is 9.81. The Hall–Kier alpha value is -1.06. The molecule has 1 N–H and O–H groups in total. The lowest BCUT2D eigenvalue weighted by molar-refractivity contribution is 0.112. The molecule has 0 radical (unpaired) electrons. The molecule has 114 valence electrons. The van der Waals surface area contributed by atoms with Gasteiger partial charge in [0.25, 0.3) is 0 Å². The van der Waals surface area contributed by atoms with E-state index in [2.05, 4.69) is 38.2 Å². The van der Waals surface area contributed by atoms with Crippen molar-refractivity contribution in [2.45, 2.75) is 46.1 Å². The predicted molar refractivity (Wildman–Crippen MR) is 84.4 cm³/mol. The number of hydrogen-bond donors (Lipinski definition) is 1. The van der Waals surface area contributed by atoms with Gasteiger partial charge in [0.1, 0.15) is 5.75 Å². The highest BCUT2D eigenvalue weighted by Crippen LogP contribution is 2.18. The van der Waals surface area contributed by atoms with Crippen molar-refractivity contribution in [1.82, 2.24) is 5.32 Å². The highest BCUT2D eigenvalue weighted by molar-refractivity contribution is 5.29. The van der Waals surface area contributed by atoms with Gasteiger partial charge in [-0.15, -0.1) is 0 Å². The summed E-state index contributed by atoms with van der Waals surface area (Å²) in [5.74, 6) is 0.944. The van der Waals surface area contributed by atoms with Gasteiger partial charge in [0.15, 0.2) is 0 Å². The van der Waals surface area contributed by atoms with Gasteiger partial charge in [-0.25, -0.2) is 0 Å². The first-order valence-electron chi connectivity index (χ1n) is 7.85.